The predicted molar refractivity (Wildman–Crippen MR) is 41.3 cm³/mol. The smallest absolute Gasteiger partial charge is 0.163 e. The molecule has 0 saturated carbocycles. The molecule has 1 heterocycles. The number of ether oxygens (including phenoxy) is 2. The molecule has 0 spiro atoms. The lowest BCUT2D eigenvalue weighted by atomic mass is 9.95. The first-order valence-corrected chi connectivity index (χ1v) is 3.91. The van der Waals surface area contributed by atoms with Crippen molar-refractivity contribution >= 4 is 0 Å². The van der Waals surface area contributed by atoms with E-state index in [1.165, 1.54) is 7.11 Å². The van der Waals surface area contributed by atoms with Crippen LogP contribution in [0, 0.1) is 5.92 Å². The molecule has 0 radical (unpaired) electrons. The van der Waals surface area contributed by atoms with Gasteiger partial charge >= 0.3 is 0 Å². The van der Waals surface area contributed by atoms with Crippen molar-refractivity contribution in [2.75, 3.05) is 20.3 Å². The molecule has 4 N–H and O–H groups in total. The maximum atomic E-state index is 9.45. The van der Waals surface area contributed by atoms with Crippen molar-refractivity contribution in [3.8, 4) is 0 Å². The third-order valence-corrected chi connectivity index (χ3v) is 2.12. The Morgan fingerprint density at radius 1 is 1.58 bits per heavy atom. The lowest BCUT2D eigenvalue weighted by molar-refractivity contribution is -0.238. The van der Waals surface area contributed by atoms with Crippen molar-refractivity contribution in [3.63, 3.8) is 0 Å². The van der Waals surface area contributed by atoms with Gasteiger partial charge < -0.3 is 25.4 Å². The molecular formula is C7H15NO4. The van der Waals surface area contributed by atoms with Crippen molar-refractivity contribution in [3.05, 3.63) is 0 Å². The Hall–Kier alpha value is -0.200. The third kappa shape index (κ3) is 1.75. The summed E-state index contributed by atoms with van der Waals surface area (Å²) in [4.78, 5) is 0. The van der Waals surface area contributed by atoms with E-state index in [0.717, 1.165) is 0 Å². The minimum atomic E-state index is -0.857. The molecule has 1 aliphatic heterocycles. The number of methoxy groups -OCH3 is 1. The minimum Gasteiger partial charge on any atom is -0.390 e. The average Bonchev–Trinajstić information content (AvgIpc) is 2.09. The van der Waals surface area contributed by atoms with Gasteiger partial charge in [-0.05, 0) is 0 Å². The molecule has 4 unspecified atom stereocenters. The molecule has 0 aromatic carbocycles. The fourth-order valence-corrected chi connectivity index (χ4v) is 1.36. The third-order valence-electron chi connectivity index (χ3n) is 2.12. The van der Waals surface area contributed by atoms with E-state index >= 15 is 0 Å². The lowest BCUT2D eigenvalue weighted by Crippen LogP contribution is -2.52. The standard InChI is InChI=1S/C7H15NO4/c1-11-7-4(2-8)6(10)5(9)3-12-7/h4-7,9-10H,2-3,8H2,1H3. The van der Waals surface area contributed by atoms with Gasteiger partial charge in [0.2, 0.25) is 0 Å². The molecule has 0 aromatic rings. The van der Waals surface area contributed by atoms with Gasteiger partial charge in [0.25, 0.3) is 0 Å². The summed E-state index contributed by atoms with van der Waals surface area (Å²) in [6.45, 7) is 0.326. The van der Waals surface area contributed by atoms with E-state index in [0.29, 0.717) is 0 Å². The Bertz CT molecular complexity index is 141. The summed E-state index contributed by atoms with van der Waals surface area (Å²) in [6, 6.07) is 0. The normalized spacial score (nSPS) is 43.0. The minimum absolute atomic E-state index is 0.0934. The summed E-state index contributed by atoms with van der Waals surface area (Å²) in [5.74, 6) is -0.348. The summed E-state index contributed by atoms with van der Waals surface area (Å²) in [6.07, 6.45) is -2.22. The summed E-state index contributed by atoms with van der Waals surface area (Å²) < 4.78 is 10.0. The zero-order chi connectivity index (χ0) is 9.14. The summed E-state index contributed by atoms with van der Waals surface area (Å²) in [7, 11) is 1.48. The van der Waals surface area contributed by atoms with Crippen LogP contribution in [0.1, 0.15) is 0 Å². The van der Waals surface area contributed by atoms with Crippen molar-refractivity contribution in [2.24, 2.45) is 11.7 Å². The number of aliphatic hydroxyl groups is 2. The van der Waals surface area contributed by atoms with Gasteiger partial charge in [0, 0.05) is 13.7 Å². The Morgan fingerprint density at radius 2 is 2.25 bits per heavy atom. The first-order valence-electron chi connectivity index (χ1n) is 3.91. The SMILES string of the molecule is COC1OCC(O)C(O)C1CN. The van der Waals surface area contributed by atoms with Gasteiger partial charge in [-0.15, -0.1) is 0 Å². The molecule has 0 amide bonds. The molecule has 72 valence electrons. The van der Waals surface area contributed by atoms with Crippen LogP contribution in [0.2, 0.25) is 0 Å². The largest absolute Gasteiger partial charge is 0.390 e. The van der Waals surface area contributed by atoms with Gasteiger partial charge in [0.15, 0.2) is 6.29 Å². The van der Waals surface area contributed by atoms with E-state index in [2.05, 4.69) is 0 Å². The van der Waals surface area contributed by atoms with Crippen LogP contribution in [0.5, 0.6) is 0 Å². The lowest BCUT2D eigenvalue weighted by Gasteiger charge is -2.36. The molecule has 12 heavy (non-hydrogen) atoms. The van der Waals surface area contributed by atoms with Crippen LogP contribution in [-0.4, -0.2) is 49.0 Å². The Kier molecular flexibility index (Phi) is 3.42. The Labute approximate surface area is 71.1 Å². The van der Waals surface area contributed by atoms with Gasteiger partial charge in [0.1, 0.15) is 6.10 Å². The average molecular weight is 177 g/mol. The molecule has 0 aliphatic carbocycles. The van der Waals surface area contributed by atoms with E-state index in [9.17, 15) is 10.2 Å². The second kappa shape index (κ2) is 4.15. The first-order chi connectivity index (χ1) is 5.70. The van der Waals surface area contributed by atoms with Gasteiger partial charge in [-0.1, -0.05) is 0 Å². The highest BCUT2D eigenvalue weighted by Gasteiger charge is 2.37. The topological polar surface area (TPSA) is 84.9 Å². The van der Waals surface area contributed by atoms with Crippen molar-refractivity contribution in [1.29, 1.82) is 0 Å². The number of rotatable bonds is 2. The van der Waals surface area contributed by atoms with E-state index in [1.807, 2.05) is 0 Å². The Balaban J connectivity index is 2.58. The Morgan fingerprint density at radius 3 is 2.75 bits per heavy atom. The van der Waals surface area contributed by atoms with Crippen LogP contribution in [0.15, 0.2) is 0 Å². The highest BCUT2D eigenvalue weighted by atomic mass is 16.7. The maximum Gasteiger partial charge on any atom is 0.163 e. The predicted octanol–water partition coefficient (Wildman–Crippen LogP) is -1.71. The fraction of sp³-hybridized carbons (Fsp3) is 1.00. The molecule has 5 nitrogen and oxygen atoms in total. The monoisotopic (exact) mass is 177 g/mol. The molecule has 1 rings (SSSR count). The quantitative estimate of drug-likeness (QED) is 0.467. The number of aliphatic hydroxyl groups excluding tert-OH is 2. The highest BCUT2D eigenvalue weighted by Crippen LogP contribution is 2.21. The molecule has 0 bridgehead atoms. The number of nitrogens with two attached hydrogens (primary N) is 1. The van der Waals surface area contributed by atoms with E-state index in [4.69, 9.17) is 15.2 Å². The van der Waals surface area contributed by atoms with Gasteiger partial charge in [0.05, 0.1) is 18.6 Å². The zero-order valence-corrected chi connectivity index (χ0v) is 7.01. The van der Waals surface area contributed by atoms with Crippen LogP contribution in [-0.2, 0) is 9.47 Å². The van der Waals surface area contributed by atoms with Gasteiger partial charge in [-0.25, -0.2) is 0 Å². The highest BCUT2D eigenvalue weighted by molar-refractivity contribution is 4.83. The van der Waals surface area contributed by atoms with Gasteiger partial charge in [-0.2, -0.15) is 0 Å². The summed E-state index contributed by atoms with van der Waals surface area (Å²) >= 11 is 0. The van der Waals surface area contributed by atoms with E-state index in [1.54, 1.807) is 0 Å². The molecule has 4 atom stereocenters. The number of hydrogen-bond donors (Lipinski definition) is 3. The van der Waals surface area contributed by atoms with Crippen LogP contribution in [0.3, 0.4) is 0 Å². The second-order valence-electron chi connectivity index (χ2n) is 2.89. The van der Waals surface area contributed by atoms with E-state index in [-0.39, 0.29) is 19.1 Å². The van der Waals surface area contributed by atoms with Crippen LogP contribution in [0.25, 0.3) is 0 Å². The second-order valence-corrected chi connectivity index (χ2v) is 2.89. The number of hydrogen-bond acceptors (Lipinski definition) is 5. The zero-order valence-electron chi connectivity index (χ0n) is 7.01. The van der Waals surface area contributed by atoms with E-state index < -0.39 is 18.5 Å². The van der Waals surface area contributed by atoms with Crippen LogP contribution in [0.4, 0.5) is 0 Å². The molecule has 1 fully saturated rings. The molecule has 1 aliphatic rings. The summed E-state index contributed by atoms with van der Waals surface area (Å²) in [5.41, 5.74) is 5.39. The van der Waals surface area contributed by atoms with Crippen LogP contribution >= 0.6 is 0 Å². The van der Waals surface area contributed by atoms with Crippen molar-refractivity contribution < 1.29 is 19.7 Å². The first kappa shape index (κ1) is 9.88. The molecule has 0 aromatic heterocycles. The van der Waals surface area contributed by atoms with Crippen LogP contribution < -0.4 is 5.73 Å². The van der Waals surface area contributed by atoms with Crippen molar-refractivity contribution in [1.82, 2.24) is 0 Å². The molecule has 1 saturated heterocycles. The maximum absolute atomic E-state index is 9.45. The molecule has 5 heteroatoms. The summed E-state index contributed by atoms with van der Waals surface area (Å²) in [5, 5.41) is 18.7. The molecular weight excluding hydrogens is 162 g/mol. The van der Waals surface area contributed by atoms with Crippen molar-refractivity contribution in [2.45, 2.75) is 18.5 Å². The fourth-order valence-electron chi connectivity index (χ4n) is 1.36. The van der Waals surface area contributed by atoms with Gasteiger partial charge in [-0.3, -0.25) is 0 Å².